The Bertz CT molecular complexity index is 3170. The van der Waals surface area contributed by atoms with Gasteiger partial charge in [0.2, 0.25) is 0 Å². The van der Waals surface area contributed by atoms with Crippen molar-refractivity contribution < 1.29 is 0 Å². The lowest BCUT2D eigenvalue weighted by Gasteiger charge is -2.12. The average Bonchev–Trinajstić information content (AvgIpc) is 3.82. The molecular weight excluding hydrogens is 701 g/mol. The molecule has 3 heterocycles. The molecule has 3 aromatic heterocycles. The Morgan fingerprint density at radius 2 is 0.911 bits per heavy atom. The molecule has 262 valence electrons. The molecule has 0 unspecified atom stereocenters. The van der Waals surface area contributed by atoms with Crippen molar-refractivity contribution in [3.63, 3.8) is 0 Å². The molecule has 0 amide bonds. The van der Waals surface area contributed by atoms with Crippen molar-refractivity contribution in [1.29, 1.82) is 0 Å². The molecule has 0 aliphatic carbocycles. The van der Waals surface area contributed by atoms with Gasteiger partial charge in [-0.15, -0.1) is 11.3 Å². The van der Waals surface area contributed by atoms with E-state index in [1.54, 1.807) is 0 Å². The molecule has 0 fully saturated rings. The fourth-order valence-electron chi connectivity index (χ4n) is 8.00. The summed E-state index contributed by atoms with van der Waals surface area (Å²) in [7, 11) is 0. The second-order valence-electron chi connectivity index (χ2n) is 14.0. The number of aromatic nitrogens is 4. The number of thiophene rings is 1. The molecule has 8 aromatic carbocycles. The Morgan fingerprint density at radius 1 is 0.339 bits per heavy atom. The van der Waals surface area contributed by atoms with Gasteiger partial charge in [-0.05, 0) is 70.8 Å². The molecule has 0 aliphatic rings. The summed E-state index contributed by atoms with van der Waals surface area (Å²) in [6.45, 7) is 0. The normalized spacial score (nSPS) is 11.6. The van der Waals surface area contributed by atoms with E-state index in [2.05, 4.69) is 162 Å². The predicted molar refractivity (Wildman–Crippen MR) is 234 cm³/mol. The first kappa shape index (κ1) is 32.2. The minimum Gasteiger partial charge on any atom is -0.309 e. The van der Waals surface area contributed by atoms with Gasteiger partial charge in [-0.25, -0.2) is 15.0 Å². The van der Waals surface area contributed by atoms with Gasteiger partial charge in [0, 0.05) is 53.3 Å². The van der Waals surface area contributed by atoms with Crippen LogP contribution in [0, 0.1) is 0 Å². The molecule has 0 saturated carbocycles. The van der Waals surface area contributed by atoms with Gasteiger partial charge < -0.3 is 4.57 Å². The van der Waals surface area contributed by atoms with Crippen molar-refractivity contribution in [2.75, 3.05) is 0 Å². The van der Waals surface area contributed by atoms with E-state index >= 15 is 0 Å². The molecule has 0 spiro atoms. The standard InChI is InChI=1S/C51H32N4S/c1-5-15-33(16-6-1)36-25-27-40-43-29-37(26-28-44(43)55(45(40)31-36)39-21-11-4-12-22-39)42-30-38(32-47-48(42)41-23-13-14-24-46(41)56-47)51-53-49(34-17-7-2-8-18-34)52-50(54-51)35-19-9-3-10-20-35/h1-32H. The van der Waals surface area contributed by atoms with Crippen LogP contribution in [-0.2, 0) is 0 Å². The highest BCUT2D eigenvalue weighted by atomic mass is 32.1. The summed E-state index contributed by atoms with van der Waals surface area (Å²) >= 11 is 1.81. The molecule has 11 aromatic rings. The zero-order valence-corrected chi connectivity index (χ0v) is 31.0. The number of rotatable bonds is 6. The molecule has 0 N–H and O–H groups in total. The summed E-state index contributed by atoms with van der Waals surface area (Å²) in [5.74, 6) is 1.95. The van der Waals surface area contributed by atoms with E-state index in [0.717, 1.165) is 33.5 Å². The largest absolute Gasteiger partial charge is 0.309 e. The highest BCUT2D eigenvalue weighted by Crippen LogP contribution is 2.44. The fraction of sp³-hybridized carbons (Fsp3) is 0. The number of benzene rings is 8. The molecule has 0 aliphatic heterocycles. The van der Waals surface area contributed by atoms with Crippen LogP contribution >= 0.6 is 11.3 Å². The maximum atomic E-state index is 5.13. The summed E-state index contributed by atoms with van der Waals surface area (Å²) in [6, 6.07) is 68.7. The van der Waals surface area contributed by atoms with Gasteiger partial charge in [-0.2, -0.15) is 0 Å². The Hall–Kier alpha value is -7.21. The van der Waals surface area contributed by atoms with Gasteiger partial charge in [0.1, 0.15) is 0 Å². The van der Waals surface area contributed by atoms with Crippen LogP contribution in [0.5, 0.6) is 0 Å². The van der Waals surface area contributed by atoms with Gasteiger partial charge in [-0.3, -0.25) is 0 Å². The predicted octanol–water partition coefficient (Wildman–Crippen LogP) is 13.7. The molecular formula is C51H32N4S. The number of para-hydroxylation sites is 1. The van der Waals surface area contributed by atoms with Gasteiger partial charge in [-0.1, -0.05) is 146 Å². The summed E-state index contributed by atoms with van der Waals surface area (Å²) < 4.78 is 4.84. The van der Waals surface area contributed by atoms with Crippen molar-refractivity contribution in [1.82, 2.24) is 19.5 Å². The maximum Gasteiger partial charge on any atom is 0.164 e. The van der Waals surface area contributed by atoms with Crippen molar-refractivity contribution in [2.24, 2.45) is 0 Å². The SMILES string of the molecule is c1ccc(-c2ccc3c4cc(-c5cc(-c6nc(-c7ccccc7)nc(-c7ccccc7)n6)cc6sc7ccccc7c56)ccc4n(-c4ccccc4)c3c2)cc1. The van der Waals surface area contributed by atoms with Crippen molar-refractivity contribution in [3.8, 4) is 62.1 Å². The van der Waals surface area contributed by atoms with Crippen molar-refractivity contribution >= 4 is 53.3 Å². The number of fused-ring (bicyclic) bond motifs is 6. The van der Waals surface area contributed by atoms with Crippen molar-refractivity contribution in [3.05, 3.63) is 194 Å². The van der Waals surface area contributed by atoms with Gasteiger partial charge in [0.25, 0.3) is 0 Å². The molecule has 0 saturated heterocycles. The molecule has 0 bridgehead atoms. The summed E-state index contributed by atoms with van der Waals surface area (Å²) in [5.41, 5.74) is 11.0. The third kappa shape index (κ3) is 5.48. The molecule has 56 heavy (non-hydrogen) atoms. The smallest absolute Gasteiger partial charge is 0.164 e. The van der Waals surface area contributed by atoms with Crippen LogP contribution < -0.4 is 0 Å². The van der Waals surface area contributed by atoms with Crippen LogP contribution in [0.3, 0.4) is 0 Å². The number of hydrogen-bond donors (Lipinski definition) is 0. The second-order valence-corrected chi connectivity index (χ2v) is 15.1. The molecule has 11 rings (SSSR count). The lowest BCUT2D eigenvalue weighted by atomic mass is 9.95. The lowest BCUT2D eigenvalue weighted by Crippen LogP contribution is -2.00. The topological polar surface area (TPSA) is 43.6 Å². The summed E-state index contributed by atoms with van der Waals surface area (Å²) in [4.78, 5) is 15.2. The van der Waals surface area contributed by atoms with E-state index in [4.69, 9.17) is 15.0 Å². The van der Waals surface area contributed by atoms with Crippen LogP contribution in [-0.4, -0.2) is 19.5 Å². The van der Waals surface area contributed by atoms with Crippen molar-refractivity contribution in [2.45, 2.75) is 0 Å². The average molecular weight is 733 g/mol. The fourth-order valence-corrected chi connectivity index (χ4v) is 9.17. The maximum absolute atomic E-state index is 5.13. The third-order valence-electron chi connectivity index (χ3n) is 10.6. The minimum atomic E-state index is 0.647. The van der Waals surface area contributed by atoms with E-state index < -0.39 is 0 Å². The van der Waals surface area contributed by atoms with Crippen LogP contribution in [0.1, 0.15) is 0 Å². The van der Waals surface area contributed by atoms with E-state index in [1.807, 2.05) is 47.7 Å². The first-order valence-corrected chi connectivity index (χ1v) is 19.6. The Morgan fingerprint density at radius 3 is 1.59 bits per heavy atom. The summed E-state index contributed by atoms with van der Waals surface area (Å²) in [5, 5.41) is 4.91. The third-order valence-corrected chi connectivity index (χ3v) is 11.8. The van der Waals surface area contributed by atoms with Crippen LogP contribution in [0.15, 0.2) is 194 Å². The minimum absolute atomic E-state index is 0.647. The zero-order valence-electron chi connectivity index (χ0n) is 30.2. The first-order valence-electron chi connectivity index (χ1n) is 18.8. The highest BCUT2D eigenvalue weighted by molar-refractivity contribution is 7.26. The highest BCUT2D eigenvalue weighted by Gasteiger charge is 2.20. The Kier molecular flexibility index (Phi) is 7.64. The monoisotopic (exact) mass is 732 g/mol. The number of nitrogens with zero attached hydrogens (tertiary/aromatic N) is 4. The summed E-state index contributed by atoms with van der Waals surface area (Å²) in [6.07, 6.45) is 0. The zero-order chi connectivity index (χ0) is 37.0. The van der Waals surface area contributed by atoms with Gasteiger partial charge >= 0.3 is 0 Å². The number of hydrogen-bond acceptors (Lipinski definition) is 4. The lowest BCUT2D eigenvalue weighted by molar-refractivity contribution is 1.07. The molecule has 4 nitrogen and oxygen atoms in total. The second kappa shape index (κ2) is 13.3. The quantitative estimate of drug-likeness (QED) is 0.171. The van der Waals surface area contributed by atoms with E-state index in [-0.39, 0.29) is 0 Å². The van der Waals surface area contributed by atoms with Crippen LogP contribution in [0.4, 0.5) is 0 Å². The molecule has 0 radical (unpaired) electrons. The molecule has 0 atom stereocenters. The Labute approximate surface area is 327 Å². The van der Waals surface area contributed by atoms with Gasteiger partial charge in [0.05, 0.1) is 11.0 Å². The van der Waals surface area contributed by atoms with E-state index in [1.165, 1.54) is 53.1 Å². The van der Waals surface area contributed by atoms with Gasteiger partial charge in [0.15, 0.2) is 17.5 Å². The van der Waals surface area contributed by atoms with Crippen LogP contribution in [0.2, 0.25) is 0 Å². The van der Waals surface area contributed by atoms with Crippen LogP contribution in [0.25, 0.3) is 104 Å². The Balaban J connectivity index is 1.17. The molecule has 5 heteroatoms. The van der Waals surface area contributed by atoms with E-state index in [0.29, 0.717) is 17.5 Å². The van der Waals surface area contributed by atoms with E-state index in [9.17, 15) is 0 Å². The first-order chi connectivity index (χ1) is 27.7.